The Balaban J connectivity index is 1.56. The minimum atomic E-state index is -1.55. The van der Waals surface area contributed by atoms with Crippen LogP contribution >= 0.6 is 0 Å². The van der Waals surface area contributed by atoms with E-state index in [-0.39, 0.29) is 17.4 Å². The van der Waals surface area contributed by atoms with E-state index in [1.54, 1.807) is 0 Å². The summed E-state index contributed by atoms with van der Waals surface area (Å²) in [6.07, 6.45) is 4.31. The van der Waals surface area contributed by atoms with Gasteiger partial charge in [0.15, 0.2) is 28.9 Å². The van der Waals surface area contributed by atoms with Crippen molar-refractivity contribution in [2.45, 2.75) is 119 Å². The molecule has 0 saturated carbocycles. The second kappa shape index (κ2) is 17.0. The molecule has 0 spiro atoms. The number of benzene rings is 5. The van der Waals surface area contributed by atoms with Gasteiger partial charge < -0.3 is 4.42 Å². The van der Waals surface area contributed by atoms with E-state index in [0.717, 1.165) is 61.1 Å². The standard InChI is InChI=1S/C57H69N3OSi/c1-17-49(58(13)34-40(9)62(14,15)16)48(38(6)7)35-59-50-23-18-19-24-51(50)60(54-44(36(2)3)21-20-22-45(54)37(4)5)56(59)53-39(8)25-31-47-46-32-28-42(33-52(46)61-55(47)53)41-26-29-43(30-27-41)57(10,11)12/h17-34,36-37,48-49H,1,6,13,35H2,2-5,7-12,14-16H3/q+2/b40-34+. The molecule has 0 radical (unpaired) electrons. The van der Waals surface area contributed by atoms with E-state index in [4.69, 9.17) is 4.42 Å². The van der Waals surface area contributed by atoms with Gasteiger partial charge in [-0.25, -0.2) is 9.14 Å². The molecule has 0 bridgehead atoms. The average molecular weight is 840 g/mol. The number of fused-ring (bicyclic) bond motifs is 4. The fourth-order valence-electron chi connectivity index (χ4n) is 9.03. The fourth-order valence-corrected chi connectivity index (χ4v) is 9.58. The molecule has 5 heteroatoms. The Morgan fingerprint density at radius 2 is 1.44 bits per heavy atom. The van der Waals surface area contributed by atoms with Crippen LogP contribution in [0, 0.1) is 12.8 Å². The lowest BCUT2D eigenvalue weighted by Gasteiger charge is -2.23. The maximum atomic E-state index is 7.21. The number of hydrogen-bond acceptors (Lipinski definition) is 1. The van der Waals surface area contributed by atoms with E-state index in [1.807, 2.05) is 0 Å². The van der Waals surface area contributed by atoms with Gasteiger partial charge in [0.1, 0.15) is 30.1 Å². The summed E-state index contributed by atoms with van der Waals surface area (Å²) < 4.78 is 14.4. The summed E-state index contributed by atoms with van der Waals surface area (Å²) in [5, 5.41) is 3.62. The number of rotatable bonds is 13. The van der Waals surface area contributed by atoms with E-state index < -0.39 is 8.07 Å². The van der Waals surface area contributed by atoms with E-state index >= 15 is 0 Å². The highest BCUT2D eigenvalue weighted by molar-refractivity contribution is 6.82. The van der Waals surface area contributed by atoms with Crippen LogP contribution in [0.3, 0.4) is 0 Å². The van der Waals surface area contributed by atoms with Crippen molar-refractivity contribution < 1.29 is 13.6 Å². The van der Waals surface area contributed by atoms with Gasteiger partial charge >= 0.3 is 0 Å². The largest absolute Gasteiger partial charge is 0.455 e. The number of aromatic nitrogens is 2. The summed E-state index contributed by atoms with van der Waals surface area (Å²) >= 11 is 0. The highest BCUT2D eigenvalue weighted by Crippen LogP contribution is 2.43. The first-order valence-electron chi connectivity index (χ1n) is 22.5. The monoisotopic (exact) mass is 840 g/mol. The Morgan fingerprint density at radius 3 is 2.02 bits per heavy atom. The maximum Gasteiger partial charge on any atom is 0.299 e. The van der Waals surface area contributed by atoms with Crippen LogP contribution in [0.4, 0.5) is 0 Å². The Labute approximate surface area is 372 Å². The molecule has 2 unspecified atom stereocenters. The van der Waals surface area contributed by atoms with Crippen LogP contribution in [0.25, 0.3) is 61.2 Å². The van der Waals surface area contributed by atoms with Crippen LogP contribution in [-0.4, -0.2) is 30.0 Å². The van der Waals surface area contributed by atoms with Crippen molar-refractivity contribution in [1.29, 1.82) is 0 Å². The van der Waals surface area contributed by atoms with Crippen molar-refractivity contribution in [3.63, 3.8) is 0 Å². The van der Waals surface area contributed by atoms with Gasteiger partial charge in [0.25, 0.3) is 5.82 Å². The van der Waals surface area contributed by atoms with Crippen LogP contribution in [0.15, 0.2) is 138 Å². The number of allylic oxidation sites excluding steroid dienone is 1. The molecular weight excluding hydrogens is 771 g/mol. The van der Waals surface area contributed by atoms with E-state index in [0.29, 0.717) is 18.4 Å². The zero-order chi connectivity index (χ0) is 45.0. The third-order valence-electron chi connectivity index (χ3n) is 13.2. The first-order valence-corrected chi connectivity index (χ1v) is 26.0. The summed E-state index contributed by atoms with van der Waals surface area (Å²) in [4.78, 5) is 0. The lowest BCUT2D eigenvalue weighted by atomic mass is 9.86. The molecule has 0 N–H and O–H groups in total. The van der Waals surface area contributed by atoms with E-state index in [1.165, 1.54) is 33.1 Å². The average Bonchev–Trinajstić information content (AvgIpc) is 3.74. The molecular formula is C57H69N3OSi+2. The van der Waals surface area contributed by atoms with Gasteiger partial charge in [-0.1, -0.05) is 160 Å². The molecule has 4 nitrogen and oxygen atoms in total. The minimum absolute atomic E-state index is 0.00832. The van der Waals surface area contributed by atoms with Gasteiger partial charge in [-0.05, 0) is 95.8 Å². The van der Waals surface area contributed by atoms with Crippen molar-refractivity contribution in [2.24, 2.45) is 5.92 Å². The highest BCUT2D eigenvalue weighted by Gasteiger charge is 2.38. The number of para-hydroxylation sites is 3. The van der Waals surface area contributed by atoms with Crippen molar-refractivity contribution in [1.82, 2.24) is 4.57 Å². The second-order valence-corrected chi connectivity index (χ2v) is 25.7. The number of nitrogens with zero attached hydrogens (tertiary/aromatic N) is 3. The first kappa shape index (κ1) is 44.5. The molecule has 0 fully saturated rings. The molecule has 2 aromatic heterocycles. The topological polar surface area (TPSA) is 25.0 Å². The molecule has 0 aliphatic rings. The predicted octanol–water partition coefficient (Wildman–Crippen LogP) is 15.2. The van der Waals surface area contributed by atoms with Crippen molar-refractivity contribution in [3.05, 3.63) is 156 Å². The molecule has 2 heterocycles. The zero-order valence-electron chi connectivity index (χ0n) is 39.8. The summed E-state index contributed by atoms with van der Waals surface area (Å²) in [7, 11) is -1.55. The van der Waals surface area contributed by atoms with Gasteiger partial charge in [0, 0.05) is 21.9 Å². The summed E-state index contributed by atoms with van der Waals surface area (Å²) in [5.74, 6) is 1.67. The quantitative estimate of drug-likeness (QED) is 0.0491. The number of furan rings is 1. The maximum absolute atomic E-state index is 7.21. The molecule has 320 valence electrons. The second-order valence-electron chi connectivity index (χ2n) is 20.4. The molecule has 0 aliphatic heterocycles. The van der Waals surface area contributed by atoms with Gasteiger partial charge in [0.2, 0.25) is 0 Å². The van der Waals surface area contributed by atoms with E-state index in [9.17, 15) is 0 Å². The Kier molecular flexibility index (Phi) is 12.2. The molecule has 0 aliphatic carbocycles. The molecule has 5 aromatic carbocycles. The smallest absolute Gasteiger partial charge is 0.299 e. The van der Waals surface area contributed by atoms with E-state index in [2.05, 4.69) is 232 Å². The SMILES string of the molecule is C=CC(C(C[n+]1c(-c2c(C)ccc3c2oc2cc(-c4ccc(C(C)(C)C)cc4)ccc23)n(-c2c(C(C)C)cccc2C(C)C)c2ccccc21)C(=C)C)[N+](=C)/C=C(\C)[Si](C)(C)C. The van der Waals surface area contributed by atoms with Crippen molar-refractivity contribution >= 4 is 47.8 Å². The Bertz CT molecular complexity index is 2860. The normalized spacial score (nSPS) is 13.8. The van der Waals surface area contributed by atoms with Gasteiger partial charge in [0.05, 0.1) is 14.0 Å². The summed E-state index contributed by atoms with van der Waals surface area (Å²) in [5.41, 5.74) is 15.0. The fraction of sp³-hybridized carbons (Fsp3) is 0.333. The van der Waals surface area contributed by atoms with Crippen LogP contribution in [0.5, 0.6) is 0 Å². The molecule has 0 amide bonds. The lowest BCUT2D eigenvalue weighted by molar-refractivity contribution is -0.672. The van der Waals surface area contributed by atoms with Gasteiger partial charge in [-0.2, -0.15) is 4.57 Å². The van der Waals surface area contributed by atoms with Crippen molar-refractivity contribution in [2.75, 3.05) is 0 Å². The molecule has 62 heavy (non-hydrogen) atoms. The van der Waals surface area contributed by atoms with Crippen LogP contribution in [0.2, 0.25) is 19.6 Å². The molecule has 0 saturated heterocycles. The van der Waals surface area contributed by atoms with Crippen LogP contribution in [0.1, 0.15) is 96.4 Å². The number of imidazole rings is 1. The number of hydrogen-bond donors (Lipinski definition) is 0. The summed E-state index contributed by atoms with van der Waals surface area (Å²) in [6, 6.07) is 35.9. The van der Waals surface area contributed by atoms with Gasteiger partial charge in [-0.15, -0.1) is 0 Å². The highest BCUT2D eigenvalue weighted by atomic mass is 28.3. The molecule has 2 atom stereocenters. The third-order valence-corrected chi connectivity index (χ3v) is 15.7. The molecule has 7 aromatic rings. The molecule has 7 rings (SSSR count). The van der Waals surface area contributed by atoms with Crippen LogP contribution in [-0.2, 0) is 12.0 Å². The Morgan fingerprint density at radius 1 is 0.823 bits per heavy atom. The summed E-state index contributed by atoms with van der Waals surface area (Å²) in [6.45, 7) is 44.2. The Hall–Kier alpha value is -5.52. The van der Waals surface area contributed by atoms with Crippen molar-refractivity contribution in [3.8, 4) is 28.2 Å². The van der Waals surface area contributed by atoms with Gasteiger partial charge in [-0.3, -0.25) is 0 Å². The minimum Gasteiger partial charge on any atom is -0.455 e. The first-order chi connectivity index (χ1) is 29.2. The zero-order valence-corrected chi connectivity index (χ0v) is 40.8. The number of aryl methyl sites for hydroxylation is 1. The third kappa shape index (κ3) is 8.24. The predicted molar refractivity (Wildman–Crippen MR) is 270 cm³/mol. The van der Waals surface area contributed by atoms with Crippen LogP contribution < -0.4 is 4.57 Å². The lowest BCUT2D eigenvalue weighted by Crippen LogP contribution is -2.45.